The normalized spacial score (nSPS) is 13.3. The van der Waals surface area contributed by atoms with E-state index in [0.717, 1.165) is 33.8 Å². The van der Waals surface area contributed by atoms with E-state index in [2.05, 4.69) is 193 Å². The summed E-state index contributed by atoms with van der Waals surface area (Å²) in [6.07, 6.45) is 0. The Hall–Kier alpha value is -7.53. The molecule has 3 heterocycles. The number of benzene rings is 9. The van der Waals surface area contributed by atoms with Gasteiger partial charge in [0.25, 0.3) is 0 Å². The fourth-order valence-corrected chi connectivity index (χ4v) is 11.6. The lowest BCUT2D eigenvalue weighted by molar-refractivity contribution is 0.724. The molecule has 0 fully saturated rings. The maximum Gasteiger partial charge on any atom is 0.160 e. The topological polar surface area (TPSA) is 30.7 Å². The predicted molar refractivity (Wildman–Crippen MR) is 252 cm³/mol. The Morgan fingerprint density at radius 3 is 1.75 bits per heavy atom. The predicted octanol–water partition coefficient (Wildman–Crippen LogP) is 14.6. The molecule has 61 heavy (non-hydrogen) atoms. The summed E-state index contributed by atoms with van der Waals surface area (Å²) in [5, 5.41) is 4.92. The summed E-state index contributed by atoms with van der Waals surface area (Å²) < 4.78 is 2.55. The molecule has 0 radical (unpaired) electrons. The van der Waals surface area contributed by atoms with Crippen LogP contribution in [0.1, 0.15) is 22.3 Å². The Bertz CT molecular complexity index is 3470. The quantitative estimate of drug-likeness (QED) is 0.178. The van der Waals surface area contributed by atoms with Crippen molar-refractivity contribution >= 4 is 44.3 Å². The van der Waals surface area contributed by atoms with Crippen molar-refractivity contribution < 1.29 is 0 Å². The van der Waals surface area contributed by atoms with Gasteiger partial charge in [0, 0.05) is 48.3 Å². The van der Waals surface area contributed by atoms with Gasteiger partial charge in [0.1, 0.15) is 0 Å². The molecule has 9 aromatic carbocycles. The molecule has 1 aliphatic heterocycles. The molecule has 3 nitrogen and oxygen atoms in total. The summed E-state index contributed by atoms with van der Waals surface area (Å²) in [4.78, 5) is 12.9. The minimum atomic E-state index is -0.480. The van der Waals surface area contributed by atoms with Gasteiger partial charge in [-0.15, -0.1) is 0 Å². The highest BCUT2D eigenvalue weighted by Crippen LogP contribution is 2.63. The van der Waals surface area contributed by atoms with Gasteiger partial charge in [-0.2, -0.15) is 0 Å². The molecular formula is C57H35N3S. The largest absolute Gasteiger partial charge is 0.307 e. The minimum absolute atomic E-state index is 0.480. The first kappa shape index (κ1) is 34.3. The second-order valence-corrected chi connectivity index (χ2v) is 17.1. The van der Waals surface area contributed by atoms with Crippen LogP contribution < -0.4 is 0 Å². The molecule has 0 atom stereocenters. The zero-order valence-electron chi connectivity index (χ0n) is 33.0. The van der Waals surface area contributed by atoms with Gasteiger partial charge < -0.3 is 4.57 Å². The van der Waals surface area contributed by atoms with Crippen molar-refractivity contribution in [3.8, 4) is 50.7 Å². The van der Waals surface area contributed by atoms with E-state index in [4.69, 9.17) is 9.97 Å². The van der Waals surface area contributed by atoms with Crippen molar-refractivity contribution in [3.05, 3.63) is 235 Å². The van der Waals surface area contributed by atoms with Crippen molar-refractivity contribution in [1.29, 1.82) is 0 Å². The van der Waals surface area contributed by atoms with Crippen molar-refractivity contribution in [2.75, 3.05) is 0 Å². The van der Waals surface area contributed by atoms with Crippen LogP contribution in [0.5, 0.6) is 0 Å². The SMILES string of the molecule is c1ccc(-c2cc(-c3cccc(-n4c5c6c(ccc5c5ccc7ccccc7c54)C4(c5ccccc5S6)c5ccccc5-c5ccccc54)c3)nc(-c3ccccc3)n2)cc1. The van der Waals surface area contributed by atoms with Gasteiger partial charge >= 0.3 is 0 Å². The average molecular weight is 794 g/mol. The first-order chi connectivity index (χ1) is 30.3. The lowest BCUT2D eigenvalue weighted by atomic mass is 9.67. The van der Waals surface area contributed by atoms with Gasteiger partial charge in [0.05, 0.1) is 27.8 Å². The maximum absolute atomic E-state index is 5.26. The third-order valence-electron chi connectivity index (χ3n) is 12.9. The summed E-state index contributed by atoms with van der Waals surface area (Å²) in [5.74, 6) is 0.705. The van der Waals surface area contributed by atoms with Crippen LogP contribution in [0, 0.1) is 0 Å². The van der Waals surface area contributed by atoms with Crippen molar-refractivity contribution in [3.63, 3.8) is 0 Å². The number of hydrogen-bond donors (Lipinski definition) is 0. The monoisotopic (exact) mass is 793 g/mol. The molecule has 11 aromatic rings. The summed E-state index contributed by atoms with van der Waals surface area (Å²) in [6, 6.07) is 77.2. The summed E-state index contributed by atoms with van der Waals surface area (Å²) >= 11 is 1.91. The van der Waals surface area contributed by atoms with Crippen LogP contribution >= 0.6 is 11.8 Å². The molecule has 0 saturated heterocycles. The molecule has 1 spiro atoms. The first-order valence-corrected chi connectivity index (χ1v) is 21.6. The standard InChI is InChI=1S/C57H35N3S/c1-3-17-37(18-4-1)50-35-51(59-56(58-50)38-19-5-2-6-20-38)39-21-15-22-40(34-39)60-53-41-23-8-7-16-36(41)30-31-44(53)45-32-33-49-55(54(45)60)61-52-29-14-13-28-48(52)57(49)46-26-11-9-24-42(46)43-25-10-12-27-47(43)57/h1-35H. The van der Waals surface area contributed by atoms with E-state index in [1.165, 1.54) is 75.7 Å². The highest BCUT2D eigenvalue weighted by molar-refractivity contribution is 7.99. The third-order valence-corrected chi connectivity index (χ3v) is 14.0. The zero-order chi connectivity index (χ0) is 40.1. The fraction of sp³-hybridized carbons (Fsp3) is 0.0175. The maximum atomic E-state index is 5.26. The molecule has 0 N–H and O–H groups in total. The van der Waals surface area contributed by atoms with E-state index in [0.29, 0.717) is 5.82 Å². The lowest BCUT2D eigenvalue weighted by Gasteiger charge is -2.40. The smallest absolute Gasteiger partial charge is 0.160 e. The van der Waals surface area contributed by atoms with Crippen LogP contribution in [0.3, 0.4) is 0 Å². The summed E-state index contributed by atoms with van der Waals surface area (Å²) in [6.45, 7) is 0. The lowest BCUT2D eigenvalue weighted by Crippen LogP contribution is -2.32. The average Bonchev–Trinajstić information content (AvgIpc) is 3.84. The first-order valence-electron chi connectivity index (χ1n) is 20.8. The van der Waals surface area contributed by atoms with Gasteiger partial charge in [0.15, 0.2) is 5.82 Å². The Morgan fingerprint density at radius 1 is 0.393 bits per heavy atom. The fourth-order valence-electron chi connectivity index (χ4n) is 10.3. The molecule has 1 aliphatic carbocycles. The molecule has 4 heteroatoms. The van der Waals surface area contributed by atoms with Crippen LogP contribution in [0.2, 0.25) is 0 Å². The third kappa shape index (κ3) is 4.94. The molecule has 0 saturated carbocycles. The minimum Gasteiger partial charge on any atom is -0.307 e. The van der Waals surface area contributed by atoms with E-state index < -0.39 is 5.41 Å². The van der Waals surface area contributed by atoms with E-state index >= 15 is 0 Å². The molecule has 0 unspecified atom stereocenters. The molecule has 2 aromatic heterocycles. The zero-order valence-corrected chi connectivity index (χ0v) is 33.8. The van der Waals surface area contributed by atoms with E-state index in [9.17, 15) is 0 Å². The van der Waals surface area contributed by atoms with Crippen LogP contribution in [0.25, 0.3) is 83.3 Å². The molecule has 0 amide bonds. The number of fused-ring (bicyclic) bond motifs is 15. The van der Waals surface area contributed by atoms with Crippen molar-refractivity contribution in [2.24, 2.45) is 0 Å². The second kappa shape index (κ2) is 13.2. The highest BCUT2D eigenvalue weighted by atomic mass is 32.2. The van der Waals surface area contributed by atoms with Crippen LogP contribution in [-0.2, 0) is 5.41 Å². The van der Waals surface area contributed by atoms with E-state index in [1.54, 1.807) is 0 Å². The van der Waals surface area contributed by atoms with Crippen molar-refractivity contribution in [1.82, 2.24) is 14.5 Å². The molecule has 0 bridgehead atoms. The molecule has 2 aliphatic rings. The van der Waals surface area contributed by atoms with E-state index in [-0.39, 0.29) is 0 Å². The highest BCUT2D eigenvalue weighted by Gasteiger charge is 2.50. The Balaban J connectivity index is 1.13. The number of nitrogens with zero attached hydrogens (tertiary/aromatic N) is 3. The molecule has 284 valence electrons. The van der Waals surface area contributed by atoms with E-state index in [1.807, 2.05) is 36.0 Å². The number of rotatable bonds is 4. The number of hydrogen-bond acceptors (Lipinski definition) is 3. The molecular weight excluding hydrogens is 759 g/mol. The van der Waals surface area contributed by atoms with Crippen molar-refractivity contribution in [2.45, 2.75) is 15.2 Å². The van der Waals surface area contributed by atoms with Crippen LogP contribution in [0.15, 0.2) is 222 Å². The van der Waals surface area contributed by atoms with Crippen LogP contribution in [-0.4, -0.2) is 14.5 Å². The Morgan fingerprint density at radius 2 is 0.984 bits per heavy atom. The summed E-state index contributed by atoms with van der Waals surface area (Å²) in [5.41, 5.74) is 15.8. The van der Waals surface area contributed by atoms with Gasteiger partial charge in [-0.25, -0.2) is 9.97 Å². The Kier molecular flexibility index (Phi) is 7.45. The van der Waals surface area contributed by atoms with Gasteiger partial charge in [-0.1, -0.05) is 200 Å². The van der Waals surface area contributed by atoms with Gasteiger partial charge in [-0.3, -0.25) is 0 Å². The molecule has 13 rings (SSSR count). The Labute approximate surface area is 357 Å². The van der Waals surface area contributed by atoms with Crippen LogP contribution in [0.4, 0.5) is 0 Å². The number of aromatic nitrogens is 3. The summed E-state index contributed by atoms with van der Waals surface area (Å²) in [7, 11) is 0. The second-order valence-electron chi connectivity index (χ2n) is 16.0. The van der Waals surface area contributed by atoms with Gasteiger partial charge in [0.2, 0.25) is 0 Å². The van der Waals surface area contributed by atoms with Gasteiger partial charge in [-0.05, 0) is 63.0 Å².